The second-order valence-corrected chi connectivity index (χ2v) is 3.65. The van der Waals surface area contributed by atoms with Gasteiger partial charge in [0, 0.05) is 12.4 Å². The molecular weight excluding hydrogens is 186 g/mol. The van der Waals surface area contributed by atoms with E-state index in [9.17, 15) is 5.11 Å². The van der Waals surface area contributed by atoms with Crippen LogP contribution in [0.1, 0.15) is 16.7 Å². The van der Waals surface area contributed by atoms with Crippen LogP contribution in [0.4, 0.5) is 0 Å². The van der Waals surface area contributed by atoms with Crippen molar-refractivity contribution < 1.29 is 5.11 Å². The molecule has 0 aliphatic rings. The molecule has 0 aliphatic heterocycles. The summed E-state index contributed by atoms with van der Waals surface area (Å²) in [6.07, 6.45) is 4.50. The Morgan fingerprint density at radius 3 is 2.80 bits per heavy atom. The van der Waals surface area contributed by atoms with E-state index in [1.165, 1.54) is 11.1 Å². The average Bonchev–Trinajstić information content (AvgIpc) is 2.24. The fraction of sp³-hybridized carbons (Fsp3) is 0.154. The standard InChI is InChI=1S/C13H13NO/c1-10-7-13(15)5-4-12(10)8-11-3-2-6-14-9-11/h2-7,9,15H,8H2,1H3. The van der Waals surface area contributed by atoms with Gasteiger partial charge < -0.3 is 5.11 Å². The average molecular weight is 199 g/mol. The highest BCUT2D eigenvalue weighted by Crippen LogP contribution is 2.18. The summed E-state index contributed by atoms with van der Waals surface area (Å²) in [7, 11) is 0. The van der Waals surface area contributed by atoms with E-state index in [1.807, 2.05) is 25.3 Å². The van der Waals surface area contributed by atoms with E-state index in [2.05, 4.69) is 11.1 Å². The van der Waals surface area contributed by atoms with Gasteiger partial charge >= 0.3 is 0 Å². The fourth-order valence-corrected chi connectivity index (χ4v) is 1.60. The number of phenolic OH excluding ortho intramolecular Hbond substituents is 1. The number of aryl methyl sites for hydroxylation is 1. The number of aromatic hydroxyl groups is 1. The van der Waals surface area contributed by atoms with Crippen molar-refractivity contribution in [2.75, 3.05) is 0 Å². The number of phenols is 1. The molecule has 0 saturated heterocycles. The molecule has 0 atom stereocenters. The summed E-state index contributed by atoms with van der Waals surface area (Å²) >= 11 is 0. The van der Waals surface area contributed by atoms with Gasteiger partial charge in [-0.15, -0.1) is 0 Å². The molecule has 1 aromatic carbocycles. The smallest absolute Gasteiger partial charge is 0.115 e. The molecule has 0 aliphatic carbocycles. The summed E-state index contributed by atoms with van der Waals surface area (Å²) in [5.41, 5.74) is 3.52. The van der Waals surface area contributed by atoms with Gasteiger partial charge in [0.05, 0.1) is 0 Å². The predicted octanol–water partition coefficient (Wildman–Crippen LogP) is 2.69. The number of hydrogen-bond donors (Lipinski definition) is 1. The molecule has 0 unspecified atom stereocenters. The lowest BCUT2D eigenvalue weighted by atomic mass is 10.0. The highest BCUT2D eigenvalue weighted by molar-refractivity contribution is 5.36. The van der Waals surface area contributed by atoms with E-state index in [0.29, 0.717) is 5.75 Å². The van der Waals surface area contributed by atoms with E-state index < -0.39 is 0 Å². The Bertz CT molecular complexity index is 451. The first-order chi connectivity index (χ1) is 7.25. The Kier molecular flexibility index (Phi) is 2.68. The highest BCUT2D eigenvalue weighted by Gasteiger charge is 2.00. The molecule has 0 fully saturated rings. The number of nitrogens with zero attached hydrogens (tertiary/aromatic N) is 1. The van der Waals surface area contributed by atoms with Crippen molar-refractivity contribution in [1.82, 2.24) is 4.98 Å². The van der Waals surface area contributed by atoms with Crippen LogP contribution in [0.15, 0.2) is 42.7 Å². The lowest BCUT2D eigenvalue weighted by molar-refractivity contribution is 0.474. The Hall–Kier alpha value is -1.83. The maximum absolute atomic E-state index is 9.29. The second-order valence-electron chi connectivity index (χ2n) is 3.65. The number of benzene rings is 1. The van der Waals surface area contributed by atoms with E-state index >= 15 is 0 Å². The zero-order chi connectivity index (χ0) is 10.7. The fourth-order valence-electron chi connectivity index (χ4n) is 1.60. The summed E-state index contributed by atoms with van der Waals surface area (Å²) < 4.78 is 0. The molecule has 0 amide bonds. The normalized spacial score (nSPS) is 10.2. The van der Waals surface area contributed by atoms with Crippen molar-refractivity contribution in [1.29, 1.82) is 0 Å². The molecule has 0 bridgehead atoms. The molecule has 0 saturated carbocycles. The zero-order valence-corrected chi connectivity index (χ0v) is 8.64. The zero-order valence-electron chi connectivity index (χ0n) is 8.64. The van der Waals surface area contributed by atoms with Crippen LogP contribution < -0.4 is 0 Å². The monoisotopic (exact) mass is 199 g/mol. The minimum absolute atomic E-state index is 0.322. The second kappa shape index (κ2) is 4.13. The lowest BCUT2D eigenvalue weighted by Crippen LogP contribution is -1.91. The van der Waals surface area contributed by atoms with Crippen molar-refractivity contribution in [2.24, 2.45) is 0 Å². The first-order valence-electron chi connectivity index (χ1n) is 4.93. The molecule has 0 spiro atoms. The predicted molar refractivity (Wildman–Crippen MR) is 59.9 cm³/mol. The third-order valence-corrected chi connectivity index (χ3v) is 2.44. The van der Waals surface area contributed by atoms with Crippen molar-refractivity contribution in [3.63, 3.8) is 0 Å². The highest BCUT2D eigenvalue weighted by atomic mass is 16.3. The Labute approximate surface area is 89.2 Å². The van der Waals surface area contributed by atoms with Crippen LogP contribution in [0, 0.1) is 6.92 Å². The minimum atomic E-state index is 0.322. The largest absolute Gasteiger partial charge is 0.508 e. The molecule has 2 aromatic rings. The lowest BCUT2D eigenvalue weighted by Gasteiger charge is -2.05. The van der Waals surface area contributed by atoms with E-state index in [-0.39, 0.29) is 0 Å². The van der Waals surface area contributed by atoms with Gasteiger partial charge in [-0.05, 0) is 48.2 Å². The van der Waals surface area contributed by atoms with Crippen LogP contribution in [0.5, 0.6) is 5.75 Å². The quantitative estimate of drug-likeness (QED) is 0.806. The summed E-state index contributed by atoms with van der Waals surface area (Å²) in [5, 5.41) is 9.29. The van der Waals surface area contributed by atoms with Gasteiger partial charge in [0.15, 0.2) is 0 Å². The van der Waals surface area contributed by atoms with Crippen LogP contribution in [0.25, 0.3) is 0 Å². The molecule has 1 heterocycles. The minimum Gasteiger partial charge on any atom is -0.508 e. The molecule has 0 radical (unpaired) electrons. The molecule has 1 N–H and O–H groups in total. The van der Waals surface area contributed by atoms with Crippen LogP contribution in [-0.2, 0) is 6.42 Å². The number of pyridine rings is 1. The molecule has 2 rings (SSSR count). The van der Waals surface area contributed by atoms with E-state index in [4.69, 9.17) is 0 Å². The van der Waals surface area contributed by atoms with Crippen molar-refractivity contribution in [3.8, 4) is 5.75 Å². The Morgan fingerprint density at radius 1 is 1.27 bits per heavy atom. The number of hydrogen-bond acceptors (Lipinski definition) is 2. The van der Waals surface area contributed by atoms with Crippen molar-refractivity contribution in [2.45, 2.75) is 13.3 Å². The first-order valence-corrected chi connectivity index (χ1v) is 4.93. The summed E-state index contributed by atoms with van der Waals surface area (Å²) in [6.45, 7) is 2.01. The van der Waals surface area contributed by atoms with Crippen molar-refractivity contribution >= 4 is 0 Å². The summed E-state index contributed by atoms with van der Waals surface area (Å²) in [6, 6.07) is 9.45. The molecule has 2 heteroatoms. The summed E-state index contributed by atoms with van der Waals surface area (Å²) in [4.78, 5) is 4.08. The molecular formula is C13H13NO. The molecule has 1 aromatic heterocycles. The van der Waals surface area contributed by atoms with Gasteiger partial charge in [0.25, 0.3) is 0 Å². The third kappa shape index (κ3) is 2.34. The maximum atomic E-state index is 9.29. The van der Waals surface area contributed by atoms with Gasteiger partial charge in [-0.25, -0.2) is 0 Å². The van der Waals surface area contributed by atoms with E-state index in [0.717, 1.165) is 12.0 Å². The van der Waals surface area contributed by atoms with Crippen LogP contribution in [-0.4, -0.2) is 10.1 Å². The SMILES string of the molecule is Cc1cc(O)ccc1Cc1cccnc1. The molecule has 2 nitrogen and oxygen atoms in total. The third-order valence-electron chi connectivity index (χ3n) is 2.44. The van der Waals surface area contributed by atoms with Gasteiger partial charge in [0.1, 0.15) is 5.75 Å². The van der Waals surface area contributed by atoms with Crippen LogP contribution >= 0.6 is 0 Å². The topological polar surface area (TPSA) is 33.1 Å². The van der Waals surface area contributed by atoms with Crippen molar-refractivity contribution in [3.05, 3.63) is 59.4 Å². The number of aromatic nitrogens is 1. The summed E-state index contributed by atoms with van der Waals surface area (Å²) in [5.74, 6) is 0.322. The Balaban J connectivity index is 2.25. The number of rotatable bonds is 2. The van der Waals surface area contributed by atoms with Gasteiger partial charge in [-0.1, -0.05) is 12.1 Å². The first kappa shape index (κ1) is 9.71. The maximum Gasteiger partial charge on any atom is 0.115 e. The molecule has 76 valence electrons. The van der Waals surface area contributed by atoms with Crippen LogP contribution in [0.3, 0.4) is 0 Å². The van der Waals surface area contributed by atoms with Gasteiger partial charge in [-0.2, -0.15) is 0 Å². The van der Waals surface area contributed by atoms with Gasteiger partial charge in [0.2, 0.25) is 0 Å². The molecule has 15 heavy (non-hydrogen) atoms. The van der Waals surface area contributed by atoms with Crippen LogP contribution in [0.2, 0.25) is 0 Å². The Morgan fingerprint density at radius 2 is 2.13 bits per heavy atom. The van der Waals surface area contributed by atoms with E-state index in [1.54, 1.807) is 18.3 Å². The van der Waals surface area contributed by atoms with Gasteiger partial charge in [-0.3, -0.25) is 4.98 Å².